The van der Waals surface area contributed by atoms with Crippen LogP contribution in [0.1, 0.15) is 31.2 Å². The van der Waals surface area contributed by atoms with E-state index in [1.807, 2.05) is 25.3 Å². The molecule has 0 atom stereocenters. The van der Waals surface area contributed by atoms with Gasteiger partial charge in [0.2, 0.25) is 0 Å². The van der Waals surface area contributed by atoms with Gasteiger partial charge in [-0.15, -0.1) is 11.3 Å². The number of nitrogens with zero attached hydrogens (tertiary/aromatic N) is 1. The Hall–Kier alpha value is -1.13. The zero-order valence-corrected chi connectivity index (χ0v) is 11.4. The van der Waals surface area contributed by atoms with Crippen LogP contribution in [0.4, 0.5) is 0 Å². The van der Waals surface area contributed by atoms with Gasteiger partial charge in [0.05, 0.1) is 15.6 Å². The zero-order chi connectivity index (χ0) is 12.6. The lowest BCUT2D eigenvalue weighted by Crippen LogP contribution is -2.16. The second-order valence-corrected chi connectivity index (χ2v) is 5.50. The minimum atomic E-state index is -0.0943. The van der Waals surface area contributed by atoms with Crippen LogP contribution in [-0.2, 0) is 0 Å². The van der Waals surface area contributed by atoms with Crippen molar-refractivity contribution in [1.29, 1.82) is 0 Å². The predicted octanol–water partition coefficient (Wildman–Crippen LogP) is 3.58. The van der Waals surface area contributed by atoms with E-state index in [-0.39, 0.29) is 11.5 Å². The minimum absolute atomic E-state index is 0.0943. The van der Waals surface area contributed by atoms with Crippen LogP contribution in [0, 0.1) is 6.92 Å². The molecule has 0 aromatic carbocycles. The quantitative estimate of drug-likeness (QED) is 0.905. The van der Waals surface area contributed by atoms with Crippen molar-refractivity contribution in [1.82, 2.24) is 9.97 Å². The van der Waals surface area contributed by atoms with Gasteiger partial charge in [-0.2, -0.15) is 0 Å². The molecule has 0 saturated heterocycles. The number of aromatic nitrogens is 2. The van der Waals surface area contributed by atoms with Crippen LogP contribution >= 0.6 is 22.9 Å². The van der Waals surface area contributed by atoms with Crippen LogP contribution in [0.3, 0.4) is 0 Å². The highest BCUT2D eigenvalue weighted by Gasteiger charge is 2.14. The number of H-pyrrole nitrogens is 1. The normalized spacial score (nSPS) is 11.1. The SMILES string of the molecule is Cc1c(-c2sccc2Cl)nc(C(C)C)[nH]c1=O. The summed E-state index contributed by atoms with van der Waals surface area (Å²) in [5, 5.41) is 2.54. The van der Waals surface area contributed by atoms with Gasteiger partial charge >= 0.3 is 0 Å². The standard InChI is InChI=1S/C12H13ClN2OS/c1-6(2)11-14-9(7(3)12(16)15-11)10-8(13)4-5-17-10/h4-6H,1-3H3,(H,14,15,16). The third-order valence-electron chi connectivity index (χ3n) is 2.55. The van der Waals surface area contributed by atoms with E-state index in [9.17, 15) is 4.79 Å². The monoisotopic (exact) mass is 268 g/mol. The Morgan fingerprint density at radius 3 is 2.71 bits per heavy atom. The molecule has 0 aliphatic heterocycles. The highest BCUT2D eigenvalue weighted by molar-refractivity contribution is 7.14. The molecular weight excluding hydrogens is 256 g/mol. The van der Waals surface area contributed by atoms with Crippen LogP contribution in [0.2, 0.25) is 5.02 Å². The van der Waals surface area contributed by atoms with Gasteiger partial charge in [0.1, 0.15) is 5.82 Å². The number of halogens is 1. The summed E-state index contributed by atoms with van der Waals surface area (Å²) in [6, 6.07) is 1.82. The molecule has 2 rings (SSSR count). The Morgan fingerprint density at radius 2 is 2.18 bits per heavy atom. The first-order valence-electron chi connectivity index (χ1n) is 5.35. The Morgan fingerprint density at radius 1 is 1.47 bits per heavy atom. The van der Waals surface area contributed by atoms with E-state index in [4.69, 9.17) is 11.6 Å². The van der Waals surface area contributed by atoms with Gasteiger partial charge in [0.15, 0.2) is 0 Å². The summed E-state index contributed by atoms with van der Waals surface area (Å²) >= 11 is 7.59. The van der Waals surface area contributed by atoms with Gasteiger partial charge < -0.3 is 4.98 Å². The molecule has 0 unspecified atom stereocenters. The van der Waals surface area contributed by atoms with Crippen molar-refractivity contribution in [2.75, 3.05) is 0 Å². The maximum absolute atomic E-state index is 11.8. The lowest BCUT2D eigenvalue weighted by molar-refractivity contribution is 0.765. The lowest BCUT2D eigenvalue weighted by Gasteiger charge is -2.08. The molecule has 0 saturated carbocycles. The van der Waals surface area contributed by atoms with E-state index >= 15 is 0 Å². The van der Waals surface area contributed by atoms with E-state index in [1.165, 1.54) is 11.3 Å². The highest BCUT2D eigenvalue weighted by Crippen LogP contribution is 2.33. The van der Waals surface area contributed by atoms with Gasteiger partial charge in [-0.1, -0.05) is 25.4 Å². The van der Waals surface area contributed by atoms with Crippen LogP contribution in [-0.4, -0.2) is 9.97 Å². The van der Waals surface area contributed by atoms with E-state index in [1.54, 1.807) is 6.92 Å². The van der Waals surface area contributed by atoms with E-state index in [0.29, 0.717) is 22.1 Å². The average Bonchev–Trinajstić information content (AvgIpc) is 2.68. The molecule has 0 aliphatic rings. The van der Waals surface area contributed by atoms with Crippen molar-refractivity contribution >= 4 is 22.9 Å². The summed E-state index contributed by atoms with van der Waals surface area (Å²) in [6.45, 7) is 5.75. The summed E-state index contributed by atoms with van der Waals surface area (Å²) in [6.07, 6.45) is 0. The third-order valence-corrected chi connectivity index (χ3v) is 3.90. The topological polar surface area (TPSA) is 45.8 Å². The van der Waals surface area contributed by atoms with Crippen LogP contribution in [0.15, 0.2) is 16.2 Å². The first-order valence-corrected chi connectivity index (χ1v) is 6.60. The maximum atomic E-state index is 11.8. The Bertz CT molecular complexity index is 601. The second kappa shape index (κ2) is 4.63. The average molecular weight is 269 g/mol. The van der Waals surface area contributed by atoms with E-state index in [0.717, 1.165) is 4.88 Å². The van der Waals surface area contributed by atoms with Gasteiger partial charge in [-0.25, -0.2) is 4.98 Å². The van der Waals surface area contributed by atoms with Gasteiger partial charge in [-0.05, 0) is 18.4 Å². The van der Waals surface area contributed by atoms with Crippen molar-refractivity contribution < 1.29 is 0 Å². The summed E-state index contributed by atoms with van der Waals surface area (Å²) in [7, 11) is 0. The number of rotatable bonds is 2. The number of hydrogen-bond acceptors (Lipinski definition) is 3. The molecule has 2 heterocycles. The number of hydrogen-bond donors (Lipinski definition) is 1. The molecule has 0 fully saturated rings. The number of thiophene rings is 1. The zero-order valence-electron chi connectivity index (χ0n) is 9.87. The van der Waals surface area contributed by atoms with Crippen LogP contribution in [0.25, 0.3) is 10.6 Å². The summed E-state index contributed by atoms with van der Waals surface area (Å²) in [4.78, 5) is 20.0. The van der Waals surface area contributed by atoms with Crippen LogP contribution in [0.5, 0.6) is 0 Å². The van der Waals surface area contributed by atoms with Crippen molar-refractivity contribution in [2.45, 2.75) is 26.7 Å². The van der Waals surface area contributed by atoms with E-state index in [2.05, 4.69) is 9.97 Å². The maximum Gasteiger partial charge on any atom is 0.254 e. The Balaban J connectivity index is 2.69. The molecule has 5 heteroatoms. The third kappa shape index (κ3) is 2.28. The molecular formula is C12H13ClN2OS. The van der Waals surface area contributed by atoms with Gasteiger partial charge in [0.25, 0.3) is 5.56 Å². The van der Waals surface area contributed by atoms with Crippen molar-refractivity contribution in [3.8, 4) is 10.6 Å². The van der Waals surface area contributed by atoms with Crippen molar-refractivity contribution in [3.63, 3.8) is 0 Å². The van der Waals surface area contributed by atoms with E-state index < -0.39 is 0 Å². The molecule has 0 bridgehead atoms. The second-order valence-electron chi connectivity index (χ2n) is 4.18. The lowest BCUT2D eigenvalue weighted by atomic mass is 10.1. The number of aromatic amines is 1. The molecule has 0 aliphatic carbocycles. The summed E-state index contributed by atoms with van der Waals surface area (Å²) < 4.78 is 0. The molecule has 1 N–H and O–H groups in total. The molecule has 2 aromatic rings. The molecule has 17 heavy (non-hydrogen) atoms. The molecule has 0 radical (unpaired) electrons. The summed E-state index contributed by atoms with van der Waals surface area (Å²) in [5.41, 5.74) is 1.21. The first-order chi connectivity index (χ1) is 8.00. The molecule has 2 aromatic heterocycles. The fourth-order valence-electron chi connectivity index (χ4n) is 1.51. The Labute approximate surface area is 108 Å². The number of nitrogens with one attached hydrogen (secondary N) is 1. The van der Waals surface area contributed by atoms with Crippen LogP contribution < -0.4 is 5.56 Å². The molecule has 3 nitrogen and oxygen atoms in total. The van der Waals surface area contributed by atoms with Gasteiger partial charge in [0, 0.05) is 11.5 Å². The smallest absolute Gasteiger partial charge is 0.254 e. The molecule has 0 amide bonds. The van der Waals surface area contributed by atoms with Crippen molar-refractivity contribution in [3.05, 3.63) is 38.2 Å². The fraction of sp³-hybridized carbons (Fsp3) is 0.333. The fourth-order valence-corrected chi connectivity index (χ4v) is 2.70. The molecule has 0 spiro atoms. The Kier molecular flexibility index (Phi) is 3.35. The van der Waals surface area contributed by atoms with Crippen molar-refractivity contribution in [2.24, 2.45) is 0 Å². The highest BCUT2D eigenvalue weighted by atomic mass is 35.5. The summed E-state index contributed by atoms with van der Waals surface area (Å²) in [5.74, 6) is 0.876. The minimum Gasteiger partial charge on any atom is -0.310 e. The molecule has 90 valence electrons. The first kappa shape index (κ1) is 12.3. The predicted molar refractivity (Wildman–Crippen MR) is 72.0 cm³/mol. The van der Waals surface area contributed by atoms with Gasteiger partial charge in [-0.3, -0.25) is 4.79 Å². The largest absolute Gasteiger partial charge is 0.310 e.